The van der Waals surface area contributed by atoms with Crippen LogP contribution in [0, 0.1) is 11.2 Å². The molecule has 0 bridgehead atoms. The molecule has 0 aromatic heterocycles. The van der Waals surface area contributed by atoms with Gasteiger partial charge >= 0.3 is 5.97 Å². The predicted octanol–water partition coefficient (Wildman–Crippen LogP) is 1.53. The monoisotopic (exact) mass is 308 g/mol. The number of rotatable bonds is 6. The van der Waals surface area contributed by atoms with E-state index in [0.29, 0.717) is 18.5 Å². The summed E-state index contributed by atoms with van der Waals surface area (Å²) in [5.74, 6) is -2.43. The Bertz CT molecular complexity index is 599. The molecule has 1 fully saturated rings. The van der Waals surface area contributed by atoms with Gasteiger partial charge in [0.15, 0.2) is 0 Å². The molecule has 0 saturated heterocycles. The number of carboxylic acids is 1. The van der Waals surface area contributed by atoms with E-state index in [1.54, 1.807) is 0 Å². The Kier molecular flexibility index (Phi) is 4.75. The Labute approximate surface area is 126 Å². The molecule has 22 heavy (non-hydrogen) atoms. The van der Waals surface area contributed by atoms with Crippen molar-refractivity contribution in [1.29, 1.82) is 0 Å². The number of aliphatic carboxylic acids is 1. The van der Waals surface area contributed by atoms with Crippen LogP contribution in [0.3, 0.4) is 0 Å². The largest absolute Gasteiger partial charge is 0.481 e. The SMILES string of the molecule is O=C(CC1(C(=O)O)CCC1)NCC(=O)Nc1cccc(F)c1. The van der Waals surface area contributed by atoms with E-state index < -0.39 is 29.0 Å². The van der Waals surface area contributed by atoms with Crippen LogP contribution >= 0.6 is 0 Å². The number of carboxylic acid groups (broad SMARTS) is 1. The molecule has 1 saturated carbocycles. The van der Waals surface area contributed by atoms with Gasteiger partial charge in [0.25, 0.3) is 0 Å². The van der Waals surface area contributed by atoms with Gasteiger partial charge in [-0.1, -0.05) is 12.5 Å². The van der Waals surface area contributed by atoms with E-state index in [-0.39, 0.29) is 13.0 Å². The summed E-state index contributed by atoms with van der Waals surface area (Å²) in [7, 11) is 0. The highest BCUT2D eigenvalue weighted by atomic mass is 19.1. The minimum atomic E-state index is -0.983. The van der Waals surface area contributed by atoms with Crippen molar-refractivity contribution in [2.24, 2.45) is 5.41 Å². The molecule has 6 nitrogen and oxygen atoms in total. The van der Waals surface area contributed by atoms with Gasteiger partial charge in [-0.3, -0.25) is 14.4 Å². The number of amides is 2. The lowest BCUT2D eigenvalue weighted by Crippen LogP contribution is -2.43. The third-order valence-electron chi connectivity index (χ3n) is 3.82. The molecule has 7 heteroatoms. The molecule has 3 N–H and O–H groups in total. The summed E-state index contributed by atoms with van der Waals surface area (Å²) < 4.78 is 13.0. The quantitative estimate of drug-likeness (QED) is 0.742. The second kappa shape index (κ2) is 6.55. The molecule has 0 aliphatic heterocycles. The molecular formula is C15H17FN2O4. The maximum atomic E-state index is 13.0. The van der Waals surface area contributed by atoms with Gasteiger partial charge in [0.05, 0.1) is 12.0 Å². The molecule has 2 rings (SSSR count). The van der Waals surface area contributed by atoms with Crippen molar-refractivity contribution >= 4 is 23.5 Å². The van der Waals surface area contributed by atoms with Gasteiger partial charge in [0.1, 0.15) is 5.82 Å². The molecule has 0 radical (unpaired) electrons. The zero-order valence-corrected chi connectivity index (χ0v) is 11.9. The van der Waals surface area contributed by atoms with Crippen LogP contribution in [0.2, 0.25) is 0 Å². The number of halogens is 1. The summed E-state index contributed by atoms with van der Waals surface area (Å²) in [4.78, 5) is 34.6. The lowest BCUT2D eigenvalue weighted by Gasteiger charge is -2.36. The molecule has 0 heterocycles. The number of carbonyl (C=O) groups excluding carboxylic acids is 2. The summed E-state index contributed by atoms with van der Waals surface area (Å²) >= 11 is 0. The van der Waals surface area contributed by atoms with E-state index >= 15 is 0 Å². The summed E-state index contributed by atoms with van der Waals surface area (Å²) in [6, 6.07) is 5.39. The second-order valence-corrected chi connectivity index (χ2v) is 5.45. The summed E-state index contributed by atoms with van der Waals surface area (Å²) in [6.45, 7) is -0.287. The Morgan fingerprint density at radius 3 is 2.50 bits per heavy atom. The standard InChI is InChI=1S/C15H17FN2O4/c16-10-3-1-4-11(7-10)18-13(20)9-17-12(19)8-15(14(21)22)5-2-6-15/h1,3-4,7H,2,5-6,8-9H2,(H,17,19)(H,18,20)(H,21,22). The minimum Gasteiger partial charge on any atom is -0.481 e. The number of carbonyl (C=O) groups is 3. The number of anilines is 1. The molecular weight excluding hydrogens is 291 g/mol. The van der Waals surface area contributed by atoms with Crippen LogP contribution in [0.1, 0.15) is 25.7 Å². The average Bonchev–Trinajstić information content (AvgIpc) is 2.40. The molecule has 1 aromatic carbocycles. The fraction of sp³-hybridized carbons (Fsp3) is 0.400. The first-order chi connectivity index (χ1) is 10.4. The second-order valence-electron chi connectivity index (χ2n) is 5.45. The molecule has 2 amide bonds. The van der Waals surface area contributed by atoms with Crippen LogP contribution in [-0.2, 0) is 14.4 Å². The molecule has 1 aliphatic carbocycles. The van der Waals surface area contributed by atoms with Crippen molar-refractivity contribution in [2.45, 2.75) is 25.7 Å². The number of hydrogen-bond acceptors (Lipinski definition) is 3. The van der Waals surface area contributed by atoms with Gasteiger partial charge in [-0.25, -0.2) is 4.39 Å². The van der Waals surface area contributed by atoms with E-state index in [1.807, 2.05) is 0 Å². The first-order valence-corrected chi connectivity index (χ1v) is 6.97. The number of nitrogens with one attached hydrogen (secondary N) is 2. The summed E-state index contributed by atoms with van der Waals surface area (Å²) in [5.41, 5.74) is -0.691. The topological polar surface area (TPSA) is 95.5 Å². The highest BCUT2D eigenvalue weighted by Crippen LogP contribution is 2.44. The summed E-state index contributed by atoms with van der Waals surface area (Å²) in [6.07, 6.45) is 1.62. The molecule has 118 valence electrons. The molecule has 0 spiro atoms. The highest BCUT2D eigenvalue weighted by Gasteiger charge is 2.45. The minimum absolute atomic E-state index is 0.129. The van der Waals surface area contributed by atoms with Crippen LogP contribution in [0.15, 0.2) is 24.3 Å². The van der Waals surface area contributed by atoms with Crippen LogP contribution in [-0.4, -0.2) is 29.4 Å². The molecule has 1 aliphatic rings. The first kappa shape index (κ1) is 15.9. The van der Waals surface area contributed by atoms with E-state index in [4.69, 9.17) is 5.11 Å². The normalized spacial score (nSPS) is 15.5. The Balaban J connectivity index is 1.78. The smallest absolute Gasteiger partial charge is 0.310 e. The predicted molar refractivity (Wildman–Crippen MR) is 76.6 cm³/mol. The van der Waals surface area contributed by atoms with Crippen LogP contribution in [0.4, 0.5) is 10.1 Å². The van der Waals surface area contributed by atoms with Crippen molar-refractivity contribution in [3.8, 4) is 0 Å². The van der Waals surface area contributed by atoms with E-state index in [1.165, 1.54) is 18.2 Å². The van der Waals surface area contributed by atoms with Crippen molar-refractivity contribution < 1.29 is 23.9 Å². The maximum Gasteiger partial charge on any atom is 0.310 e. The van der Waals surface area contributed by atoms with Gasteiger partial charge in [0.2, 0.25) is 11.8 Å². The van der Waals surface area contributed by atoms with Crippen LogP contribution in [0.25, 0.3) is 0 Å². The molecule has 1 aromatic rings. The zero-order chi connectivity index (χ0) is 16.2. The molecule has 0 unspecified atom stereocenters. The van der Waals surface area contributed by atoms with E-state index in [0.717, 1.165) is 12.5 Å². The molecule has 0 atom stereocenters. The van der Waals surface area contributed by atoms with Gasteiger partial charge in [-0.15, -0.1) is 0 Å². The van der Waals surface area contributed by atoms with Crippen molar-refractivity contribution in [1.82, 2.24) is 5.32 Å². The van der Waals surface area contributed by atoms with Gasteiger partial charge in [-0.05, 0) is 31.0 Å². The zero-order valence-electron chi connectivity index (χ0n) is 11.9. The van der Waals surface area contributed by atoms with Crippen molar-refractivity contribution in [3.05, 3.63) is 30.1 Å². The average molecular weight is 308 g/mol. The van der Waals surface area contributed by atoms with Crippen molar-refractivity contribution in [2.75, 3.05) is 11.9 Å². The van der Waals surface area contributed by atoms with Gasteiger partial charge in [-0.2, -0.15) is 0 Å². The number of benzene rings is 1. The van der Waals surface area contributed by atoms with Gasteiger partial charge in [0, 0.05) is 12.1 Å². The third-order valence-corrected chi connectivity index (χ3v) is 3.82. The Morgan fingerprint density at radius 1 is 1.23 bits per heavy atom. The van der Waals surface area contributed by atoms with Crippen LogP contribution in [0.5, 0.6) is 0 Å². The van der Waals surface area contributed by atoms with Gasteiger partial charge < -0.3 is 15.7 Å². The van der Waals surface area contributed by atoms with E-state index in [2.05, 4.69) is 10.6 Å². The maximum absolute atomic E-state index is 13.0. The lowest BCUT2D eigenvalue weighted by atomic mass is 9.66. The third kappa shape index (κ3) is 3.81. The Morgan fingerprint density at radius 2 is 1.95 bits per heavy atom. The highest BCUT2D eigenvalue weighted by molar-refractivity contribution is 5.95. The Hall–Kier alpha value is -2.44. The van der Waals surface area contributed by atoms with Crippen LogP contribution < -0.4 is 10.6 Å². The van der Waals surface area contributed by atoms with E-state index in [9.17, 15) is 18.8 Å². The lowest BCUT2D eigenvalue weighted by molar-refractivity contribution is -0.157. The first-order valence-electron chi connectivity index (χ1n) is 6.97. The summed E-state index contributed by atoms with van der Waals surface area (Å²) in [5, 5.41) is 14.0. The van der Waals surface area contributed by atoms with Crippen molar-refractivity contribution in [3.63, 3.8) is 0 Å². The fourth-order valence-electron chi connectivity index (χ4n) is 2.39. The fourth-order valence-corrected chi connectivity index (χ4v) is 2.39. The number of hydrogen-bond donors (Lipinski definition) is 3.